The van der Waals surface area contributed by atoms with Crippen LogP contribution in [0.3, 0.4) is 0 Å². The average Bonchev–Trinajstić information content (AvgIpc) is 3.14. The van der Waals surface area contributed by atoms with Gasteiger partial charge in [-0.15, -0.1) is 24.0 Å². The highest BCUT2D eigenvalue weighted by Crippen LogP contribution is 2.25. The Bertz CT molecular complexity index is 716. The molecule has 6 nitrogen and oxygen atoms in total. The van der Waals surface area contributed by atoms with Crippen molar-refractivity contribution in [2.24, 2.45) is 4.99 Å². The van der Waals surface area contributed by atoms with E-state index in [0.717, 1.165) is 25.6 Å². The van der Waals surface area contributed by atoms with Crippen LogP contribution in [0.1, 0.15) is 46.2 Å². The number of nitrogens with zero attached hydrogens (tertiary/aromatic N) is 3. The van der Waals surface area contributed by atoms with Crippen LogP contribution in [0.15, 0.2) is 21.8 Å². The van der Waals surface area contributed by atoms with Gasteiger partial charge in [-0.1, -0.05) is 13.8 Å². The maximum absolute atomic E-state index is 12.3. The summed E-state index contributed by atoms with van der Waals surface area (Å²) < 4.78 is 23.9. The monoisotopic (exact) mass is 542 g/mol. The molecule has 1 aliphatic heterocycles. The predicted molar refractivity (Wildman–Crippen MR) is 131 cm³/mol. The van der Waals surface area contributed by atoms with Gasteiger partial charge in [0.25, 0.3) is 0 Å². The van der Waals surface area contributed by atoms with E-state index in [0.29, 0.717) is 19.6 Å². The summed E-state index contributed by atoms with van der Waals surface area (Å²) in [4.78, 5) is 9.43. The molecule has 1 N–H and O–H groups in total. The largest absolute Gasteiger partial charge is 0.357 e. The molecule has 2 heterocycles. The van der Waals surface area contributed by atoms with Gasteiger partial charge in [-0.2, -0.15) is 11.3 Å². The Kier molecular flexibility index (Phi) is 10.2. The zero-order valence-corrected chi connectivity index (χ0v) is 21.6. The van der Waals surface area contributed by atoms with Crippen molar-refractivity contribution in [2.75, 3.05) is 45.0 Å². The van der Waals surface area contributed by atoms with E-state index < -0.39 is 14.6 Å². The predicted octanol–water partition coefficient (Wildman–Crippen LogP) is 3.22. The molecule has 2 rings (SSSR count). The number of halogens is 1. The van der Waals surface area contributed by atoms with Crippen LogP contribution >= 0.6 is 35.3 Å². The Morgan fingerprint density at radius 3 is 2.54 bits per heavy atom. The topological polar surface area (TPSA) is 65.0 Å². The standard InChI is InChI=1S/C19H34N4O2S2.HI/c1-6-20-18(23-10-12-27(24,25)19(4,5)15-23)21-13-17(22(7-2)8-3)16-9-11-26-14-16;/h9,11,14,17H,6-8,10,12-13,15H2,1-5H3,(H,20,21);1H. The molecular formula is C19H35IN4O2S2. The third-order valence-electron chi connectivity index (χ3n) is 5.27. The molecule has 162 valence electrons. The Balaban J connectivity index is 0.00000392. The lowest BCUT2D eigenvalue weighted by Gasteiger charge is -2.39. The Morgan fingerprint density at radius 2 is 2.04 bits per heavy atom. The number of hydrogen-bond donors (Lipinski definition) is 1. The van der Waals surface area contributed by atoms with Gasteiger partial charge in [-0.3, -0.25) is 9.89 Å². The molecule has 1 fully saturated rings. The van der Waals surface area contributed by atoms with Gasteiger partial charge in [0.1, 0.15) is 0 Å². The summed E-state index contributed by atoms with van der Waals surface area (Å²) in [5.74, 6) is 0.988. The van der Waals surface area contributed by atoms with Crippen LogP contribution < -0.4 is 5.32 Å². The van der Waals surface area contributed by atoms with Crippen molar-refractivity contribution in [1.29, 1.82) is 0 Å². The lowest BCUT2D eigenvalue weighted by molar-refractivity contribution is 0.224. The second-order valence-electron chi connectivity index (χ2n) is 7.49. The summed E-state index contributed by atoms with van der Waals surface area (Å²) in [6.07, 6.45) is 0. The van der Waals surface area contributed by atoms with Gasteiger partial charge >= 0.3 is 0 Å². The van der Waals surface area contributed by atoms with Crippen molar-refractivity contribution in [1.82, 2.24) is 15.1 Å². The normalized spacial score (nSPS) is 19.9. The minimum absolute atomic E-state index is 0. The maximum Gasteiger partial charge on any atom is 0.194 e. The summed E-state index contributed by atoms with van der Waals surface area (Å²) in [6.45, 7) is 14.3. The van der Waals surface area contributed by atoms with Gasteiger partial charge in [0.2, 0.25) is 0 Å². The highest BCUT2D eigenvalue weighted by atomic mass is 127. The van der Waals surface area contributed by atoms with Crippen molar-refractivity contribution in [3.63, 3.8) is 0 Å². The van der Waals surface area contributed by atoms with Crippen molar-refractivity contribution in [3.8, 4) is 0 Å². The van der Waals surface area contributed by atoms with Crippen LogP contribution in [-0.4, -0.2) is 73.9 Å². The molecule has 1 saturated heterocycles. The van der Waals surface area contributed by atoms with Crippen LogP contribution in [0.4, 0.5) is 0 Å². The highest BCUT2D eigenvalue weighted by molar-refractivity contribution is 14.0. The number of sulfone groups is 1. The molecule has 1 aromatic rings. The fraction of sp³-hybridized carbons (Fsp3) is 0.737. The van der Waals surface area contributed by atoms with E-state index in [4.69, 9.17) is 4.99 Å². The number of nitrogens with one attached hydrogen (secondary N) is 1. The number of rotatable bonds is 7. The molecule has 9 heteroatoms. The number of guanidine groups is 1. The van der Waals surface area contributed by atoms with E-state index in [1.165, 1.54) is 5.56 Å². The molecule has 1 atom stereocenters. The number of thiophene rings is 1. The first-order valence-electron chi connectivity index (χ1n) is 9.77. The summed E-state index contributed by atoms with van der Waals surface area (Å²) in [6, 6.07) is 2.41. The summed E-state index contributed by atoms with van der Waals surface area (Å²) in [5.41, 5.74) is 1.30. The molecule has 0 bridgehead atoms. The molecule has 1 unspecified atom stereocenters. The number of hydrogen-bond acceptors (Lipinski definition) is 5. The van der Waals surface area contributed by atoms with E-state index in [1.54, 1.807) is 11.3 Å². The van der Waals surface area contributed by atoms with Gasteiger partial charge < -0.3 is 10.2 Å². The first-order valence-corrected chi connectivity index (χ1v) is 12.4. The molecule has 1 aliphatic rings. The minimum atomic E-state index is -3.06. The lowest BCUT2D eigenvalue weighted by atomic mass is 10.1. The van der Waals surface area contributed by atoms with Gasteiger partial charge in [0, 0.05) is 19.6 Å². The van der Waals surface area contributed by atoms with Crippen LogP contribution in [0.25, 0.3) is 0 Å². The Morgan fingerprint density at radius 1 is 1.36 bits per heavy atom. The van der Waals surface area contributed by atoms with Gasteiger partial charge in [-0.05, 0) is 56.3 Å². The fourth-order valence-electron chi connectivity index (χ4n) is 3.48. The van der Waals surface area contributed by atoms with Crippen molar-refractivity contribution >= 4 is 51.1 Å². The Labute approximate surface area is 191 Å². The van der Waals surface area contributed by atoms with E-state index >= 15 is 0 Å². The number of aliphatic imine (C=N–C) groups is 1. The molecule has 0 amide bonds. The van der Waals surface area contributed by atoms with Crippen molar-refractivity contribution in [2.45, 2.75) is 45.4 Å². The number of likely N-dealkylation sites (N-methyl/N-ethyl adjacent to an activating group) is 1. The maximum atomic E-state index is 12.3. The average molecular weight is 543 g/mol. The minimum Gasteiger partial charge on any atom is -0.357 e. The van der Waals surface area contributed by atoms with Crippen LogP contribution in [0.5, 0.6) is 0 Å². The van der Waals surface area contributed by atoms with Crippen molar-refractivity contribution in [3.05, 3.63) is 22.4 Å². The quantitative estimate of drug-likeness (QED) is 0.326. The van der Waals surface area contributed by atoms with E-state index in [1.807, 2.05) is 20.8 Å². The molecule has 0 spiro atoms. The molecule has 0 aliphatic carbocycles. The molecule has 0 saturated carbocycles. The van der Waals surface area contributed by atoms with E-state index in [-0.39, 0.29) is 35.8 Å². The van der Waals surface area contributed by atoms with Crippen molar-refractivity contribution < 1.29 is 8.42 Å². The molecule has 0 radical (unpaired) electrons. The summed E-state index contributed by atoms with van der Waals surface area (Å²) >= 11 is 1.71. The second kappa shape index (κ2) is 11.1. The van der Waals surface area contributed by atoms with Crippen LogP contribution in [0, 0.1) is 0 Å². The molecular weight excluding hydrogens is 507 g/mol. The molecule has 0 aromatic carbocycles. The molecule has 28 heavy (non-hydrogen) atoms. The SMILES string of the molecule is CCNC(=NCC(c1ccsc1)N(CC)CC)N1CCS(=O)(=O)C(C)(C)C1.I. The zero-order valence-electron chi connectivity index (χ0n) is 17.6. The van der Waals surface area contributed by atoms with E-state index in [2.05, 4.69) is 45.8 Å². The Hall–Kier alpha value is -0.390. The van der Waals surface area contributed by atoms with E-state index in [9.17, 15) is 8.42 Å². The summed E-state index contributed by atoms with van der Waals surface area (Å²) in [5, 5.41) is 7.66. The first kappa shape index (κ1) is 25.6. The second-order valence-corrected chi connectivity index (χ2v) is 11.0. The van der Waals surface area contributed by atoms with Crippen LogP contribution in [0.2, 0.25) is 0 Å². The molecule has 1 aromatic heterocycles. The van der Waals surface area contributed by atoms with Gasteiger partial charge in [0.15, 0.2) is 15.8 Å². The van der Waals surface area contributed by atoms with Crippen LogP contribution in [-0.2, 0) is 9.84 Å². The fourth-order valence-corrected chi connectivity index (χ4v) is 5.56. The smallest absolute Gasteiger partial charge is 0.194 e. The van der Waals surface area contributed by atoms with Gasteiger partial charge in [-0.25, -0.2) is 8.42 Å². The zero-order chi connectivity index (χ0) is 20.1. The third-order valence-corrected chi connectivity index (χ3v) is 8.51. The first-order chi connectivity index (χ1) is 12.8. The third kappa shape index (κ3) is 6.06. The van der Waals surface area contributed by atoms with Gasteiger partial charge in [0.05, 0.1) is 23.1 Å². The lowest BCUT2D eigenvalue weighted by Crippen LogP contribution is -2.57. The summed E-state index contributed by atoms with van der Waals surface area (Å²) in [7, 11) is -3.06. The highest BCUT2D eigenvalue weighted by Gasteiger charge is 2.41.